The molecule has 2 N–H and O–H groups in total. The third-order valence-electron chi connectivity index (χ3n) is 3.38. The second-order valence-corrected chi connectivity index (χ2v) is 6.72. The predicted molar refractivity (Wildman–Crippen MR) is 90.1 cm³/mol. The lowest BCUT2D eigenvalue weighted by atomic mass is 10.2. The minimum atomic E-state index is 0.333. The molecule has 1 aliphatic rings. The number of thioether (sulfide) groups is 1. The number of nitrogens with zero attached hydrogens (tertiary/aromatic N) is 1. The quantitative estimate of drug-likeness (QED) is 0.481. The summed E-state index contributed by atoms with van der Waals surface area (Å²) in [6.45, 7) is 4.83. The van der Waals surface area contributed by atoms with Gasteiger partial charge in [0, 0.05) is 36.9 Å². The van der Waals surface area contributed by atoms with Crippen LogP contribution in [0.5, 0.6) is 0 Å². The average Bonchev–Trinajstić information content (AvgIpc) is 3.02. The fraction of sp³-hybridized carbons (Fsp3) is 0.562. The molecule has 0 bridgehead atoms. The summed E-state index contributed by atoms with van der Waals surface area (Å²) in [7, 11) is 1.81. The van der Waals surface area contributed by atoms with Gasteiger partial charge in [-0.15, -0.1) is 11.8 Å². The SMILES string of the molecule is CN=C(NCC1CCCO1)NCC(C)Sc1ccccc1. The molecule has 2 unspecified atom stereocenters. The van der Waals surface area contributed by atoms with Crippen LogP contribution in [0.1, 0.15) is 19.8 Å². The van der Waals surface area contributed by atoms with E-state index in [0.29, 0.717) is 11.4 Å². The topological polar surface area (TPSA) is 45.7 Å². The Hall–Kier alpha value is -1.20. The van der Waals surface area contributed by atoms with E-state index < -0.39 is 0 Å². The maximum Gasteiger partial charge on any atom is 0.191 e. The largest absolute Gasteiger partial charge is 0.376 e. The Bertz CT molecular complexity index is 432. The van der Waals surface area contributed by atoms with Gasteiger partial charge in [0.25, 0.3) is 0 Å². The van der Waals surface area contributed by atoms with Crippen LogP contribution in [0.15, 0.2) is 40.2 Å². The molecule has 5 heteroatoms. The smallest absolute Gasteiger partial charge is 0.191 e. The van der Waals surface area contributed by atoms with Gasteiger partial charge >= 0.3 is 0 Å². The average molecular weight is 307 g/mol. The summed E-state index contributed by atoms with van der Waals surface area (Å²) in [5.74, 6) is 0.853. The molecular weight excluding hydrogens is 282 g/mol. The monoisotopic (exact) mass is 307 g/mol. The molecule has 1 fully saturated rings. The molecule has 1 heterocycles. The second kappa shape index (κ2) is 8.95. The maximum absolute atomic E-state index is 5.60. The molecule has 1 aliphatic heterocycles. The van der Waals surface area contributed by atoms with E-state index in [1.807, 2.05) is 17.8 Å². The summed E-state index contributed by atoms with van der Waals surface area (Å²) >= 11 is 1.87. The first-order chi connectivity index (χ1) is 10.3. The molecule has 4 nitrogen and oxygen atoms in total. The molecule has 0 radical (unpaired) electrons. The number of hydrogen-bond donors (Lipinski definition) is 2. The minimum absolute atomic E-state index is 0.333. The highest BCUT2D eigenvalue weighted by molar-refractivity contribution is 8.00. The van der Waals surface area contributed by atoms with Gasteiger partial charge in [0.2, 0.25) is 0 Å². The van der Waals surface area contributed by atoms with Gasteiger partial charge in [0.1, 0.15) is 0 Å². The van der Waals surface area contributed by atoms with Crippen LogP contribution >= 0.6 is 11.8 Å². The van der Waals surface area contributed by atoms with Gasteiger partial charge in [-0.05, 0) is 25.0 Å². The van der Waals surface area contributed by atoms with Crippen molar-refractivity contribution in [3.8, 4) is 0 Å². The van der Waals surface area contributed by atoms with Gasteiger partial charge in [0.05, 0.1) is 6.10 Å². The van der Waals surface area contributed by atoms with Gasteiger partial charge in [0.15, 0.2) is 5.96 Å². The van der Waals surface area contributed by atoms with E-state index in [-0.39, 0.29) is 0 Å². The lowest BCUT2D eigenvalue weighted by molar-refractivity contribution is 0.114. The van der Waals surface area contributed by atoms with Crippen LogP contribution in [0.2, 0.25) is 0 Å². The first-order valence-electron chi connectivity index (χ1n) is 7.55. The van der Waals surface area contributed by atoms with Crippen LogP contribution in [0.3, 0.4) is 0 Å². The Kier molecular flexibility index (Phi) is 6.89. The molecule has 0 amide bonds. The molecule has 21 heavy (non-hydrogen) atoms. The predicted octanol–water partition coefficient (Wildman–Crippen LogP) is 2.51. The highest BCUT2D eigenvalue weighted by Crippen LogP contribution is 2.21. The van der Waals surface area contributed by atoms with E-state index in [0.717, 1.165) is 32.1 Å². The van der Waals surface area contributed by atoms with Crippen molar-refractivity contribution < 1.29 is 4.74 Å². The van der Waals surface area contributed by atoms with Crippen LogP contribution in [0.25, 0.3) is 0 Å². The van der Waals surface area contributed by atoms with Crippen LogP contribution in [0.4, 0.5) is 0 Å². The fourth-order valence-electron chi connectivity index (χ4n) is 2.25. The molecule has 1 aromatic rings. The summed E-state index contributed by atoms with van der Waals surface area (Å²) in [6.07, 6.45) is 2.65. The van der Waals surface area contributed by atoms with Crippen molar-refractivity contribution in [1.82, 2.24) is 10.6 Å². The number of ether oxygens (including phenoxy) is 1. The van der Waals surface area contributed by atoms with E-state index >= 15 is 0 Å². The number of aliphatic imine (C=N–C) groups is 1. The van der Waals surface area contributed by atoms with Gasteiger partial charge in [-0.3, -0.25) is 4.99 Å². The first kappa shape index (κ1) is 16.2. The molecule has 2 rings (SSSR count). The molecular formula is C16H25N3OS. The summed E-state index contributed by atoms with van der Waals surface area (Å²) in [6, 6.07) is 10.5. The molecule has 0 aliphatic carbocycles. The zero-order valence-corrected chi connectivity index (χ0v) is 13.7. The lowest BCUT2D eigenvalue weighted by Crippen LogP contribution is -2.42. The van der Waals surface area contributed by atoms with Crippen molar-refractivity contribution in [2.24, 2.45) is 4.99 Å². The molecule has 2 atom stereocenters. The van der Waals surface area contributed by atoms with Crippen molar-refractivity contribution >= 4 is 17.7 Å². The molecule has 1 aromatic carbocycles. The molecule has 116 valence electrons. The lowest BCUT2D eigenvalue weighted by Gasteiger charge is -2.17. The summed E-state index contributed by atoms with van der Waals surface area (Å²) in [5, 5.41) is 7.19. The van der Waals surface area contributed by atoms with Crippen LogP contribution < -0.4 is 10.6 Å². The minimum Gasteiger partial charge on any atom is -0.376 e. The molecule has 0 spiro atoms. The Morgan fingerprint density at radius 2 is 2.19 bits per heavy atom. The van der Waals surface area contributed by atoms with Crippen LogP contribution in [-0.2, 0) is 4.74 Å². The standard InChI is InChI=1S/C16H25N3OS/c1-13(21-15-8-4-3-5-9-15)11-18-16(17-2)19-12-14-7-6-10-20-14/h3-5,8-9,13-14H,6-7,10-12H2,1-2H3,(H2,17,18,19). The van der Waals surface area contributed by atoms with Crippen molar-refractivity contribution in [2.45, 2.75) is 36.0 Å². The summed E-state index contributed by atoms with van der Waals surface area (Å²) in [5.41, 5.74) is 0. The van der Waals surface area contributed by atoms with Crippen LogP contribution in [-0.4, -0.2) is 44.1 Å². The Morgan fingerprint density at radius 1 is 1.38 bits per heavy atom. The van der Waals surface area contributed by atoms with E-state index in [1.165, 1.54) is 11.3 Å². The number of benzene rings is 1. The normalized spacial score (nSPS) is 20.3. The number of nitrogens with one attached hydrogen (secondary N) is 2. The summed E-state index contributed by atoms with van der Waals surface area (Å²) < 4.78 is 5.60. The summed E-state index contributed by atoms with van der Waals surface area (Å²) in [4.78, 5) is 5.56. The Labute approximate surface area is 131 Å². The van der Waals surface area contributed by atoms with Gasteiger partial charge in [-0.1, -0.05) is 25.1 Å². The van der Waals surface area contributed by atoms with E-state index in [4.69, 9.17) is 4.74 Å². The number of rotatable bonds is 6. The van der Waals surface area contributed by atoms with E-state index in [9.17, 15) is 0 Å². The number of guanidine groups is 1. The van der Waals surface area contributed by atoms with Gasteiger partial charge < -0.3 is 15.4 Å². The Balaban J connectivity index is 1.67. The van der Waals surface area contributed by atoms with Crippen molar-refractivity contribution in [1.29, 1.82) is 0 Å². The van der Waals surface area contributed by atoms with Gasteiger partial charge in [-0.25, -0.2) is 0 Å². The highest BCUT2D eigenvalue weighted by atomic mass is 32.2. The third-order valence-corrected chi connectivity index (χ3v) is 4.50. The Morgan fingerprint density at radius 3 is 2.86 bits per heavy atom. The first-order valence-corrected chi connectivity index (χ1v) is 8.43. The number of hydrogen-bond acceptors (Lipinski definition) is 3. The van der Waals surface area contributed by atoms with E-state index in [1.54, 1.807) is 7.05 Å². The van der Waals surface area contributed by atoms with Crippen LogP contribution in [0, 0.1) is 0 Å². The highest BCUT2D eigenvalue weighted by Gasteiger charge is 2.15. The molecule has 0 aromatic heterocycles. The maximum atomic E-state index is 5.60. The van der Waals surface area contributed by atoms with Crippen molar-refractivity contribution in [3.05, 3.63) is 30.3 Å². The van der Waals surface area contributed by atoms with Gasteiger partial charge in [-0.2, -0.15) is 0 Å². The molecule has 1 saturated heterocycles. The van der Waals surface area contributed by atoms with Crippen molar-refractivity contribution in [2.75, 3.05) is 26.7 Å². The third kappa shape index (κ3) is 5.98. The zero-order valence-electron chi connectivity index (χ0n) is 12.8. The molecule has 0 saturated carbocycles. The second-order valence-electron chi connectivity index (χ2n) is 5.21. The zero-order chi connectivity index (χ0) is 14.9. The fourth-order valence-corrected chi connectivity index (χ4v) is 3.20. The van der Waals surface area contributed by atoms with E-state index in [2.05, 4.69) is 46.8 Å². The van der Waals surface area contributed by atoms with Crippen molar-refractivity contribution in [3.63, 3.8) is 0 Å².